The number of likely N-dealkylation sites (N-methyl/N-ethyl adjacent to an activating group) is 1. The molecule has 0 amide bonds. The number of ether oxygens (including phenoxy) is 1. The summed E-state index contributed by atoms with van der Waals surface area (Å²) in [7, 11) is 1.94. The lowest BCUT2D eigenvalue weighted by Crippen LogP contribution is -2.31. The van der Waals surface area contributed by atoms with Gasteiger partial charge >= 0.3 is 0 Å². The summed E-state index contributed by atoms with van der Waals surface area (Å²) < 4.78 is 19.0. The van der Waals surface area contributed by atoms with Crippen LogP contribution in [0.4, 0.5) is 4.39 Å². The van der Waals surface area contributed by atoms with E-state index in [1.54, 1.807) is 6.07 Å². The molecule has 1 aliphatic heterocycles. The fourth-order valence-corrected chi connectivity index (χ4v) is 2.52. The van der Waals surface area contributed by atoms with Crippen molar-refractivity contribution in [3.05, 3.63) is 34.6 Å². The largest absolute Gasteiger partial charge is 0.378 e. The standard InChI is InChI=1S/C14H19ClFNO/c1-17-11(9-12-3-2-6-18-12)7-10-4-5-13(15)14(16)8-10/h4-5,8,11-12,17H,2-3,6-7,9H2,1H3. The zero-order chi connectivity index (χ0) is 13.0. The number of hydrogen-bond acceptors (Lipinski definition) is 2. The molecule has 0 radical (unpaired) electrons. The first kappa shape index (κ1) is 13.8. The average molecular weight is 272 g/mol. The highest BCUT2D eigenvalue weighted by molar-refractivity contribution is 6.30. The van der Waals surface area contributed by atoms with E-state index in [1.165, 1.54) is 6.07 Å². The van der Waals surface area contributed by atoms with E-state index >= 15 is 0 Å². The molecule has 0 saturated carbocycles. The van der Waals surface area contributed by atoms with Gasteiger partial charge in [0.15, 0.2) is 0 Å². The van der Waals surface area contributed by atoms with Crippen molar-refractivity contribution in [3.8, 4) is 0 Å². The number of halogens is 2. The van der Waals surface area contributed by atoms with E-state index in [-0.39, 0.29) is 10.8 Å². The molecule has 1 fully saturated rings. The van der Waals surface area contributed by atoms with E-state index in [0.717, 1.165) is 37.9 Å². The summed E-state index contributed by atoms with van der Waals surface area (Å²) in [6, 6.07) is 5.33. The Labute approximate surface area is 112 Å². The van der Waals surface area contributed by atoms with E-state index in [0.29, 0.717) is 12.1 Å². The zero-order valence-electron chi connectivity index (χ0n) is 10.6. The molecule has 0 bridgehead atoms. The Balaban J connectivity index is 1.94. The SMILES string of the molecule is CNC(Cc1ccc(Cl)c(F)c1)CC1CCCO1. The number of nitrogens with one attached hydrogen (secondary N) is 1. The highest BCUT2D eigenvalue weighted by Gasteiger charge is 2.20. The summed E-state index contributed by atoms with van der Waals surface area (Å²) in [5.41, 5.74) is 0.967. The second-order valence-corrected chi connectivity index (χ2v) is 5.22. The van der Waals surface area contributed by atoms with Gasteiger partial charge in [-0.1, -0.05) is 17.7 Å². The lowest BCUT2D eigenvalue weighted by Gasteiger charge is -2.20. The first-order chi connectivity index (χ1) is 8.69. The van der Waals surface area contributed by atoms with Crippen LogP contribution in [-0.2, 0) is 11.2 Å². The fraction of sp³-hybridized carbons (Fsp3) is 0.571. The van der Waals surface area contributed by atoms with Crippen LogP contribution < -0.4 is 5.32 Å². The Morgan fingerprint density at radius 3 is 3.00 bits per heavy atom. The molecule has 2 atom stereocenters. The summed E-state index contributed by atoms with van der Waals surface area (Å²) >= 11 is 5.68. The molecule has 18 heavy (non-hydrogen) atoms. The van der Waals surface area contributed by atoms with Gasteiger partial charge in [-0.15, -0.1) is 0 Å². The van der Waals surface area contributed by atoms with Crippen molar-refractivity contribution in [2.24, 2.45) is 0 Å². The third kappa shape index (κ3) is 3.67. The van der Waals surface area contributed by atoms with Crippen molar-refractivity contribution in [2.75, 3.05) is 13.7 Å². The molecule has 2 rings (SSSR count). The monoisotopic (exact) mass is 271 g/mol. The molecule has 1 aromatic rings. The minimum absolute atomic E-state index is 0.180. The summed E-state index contributed by atoms with van der Waals surface area (Å²) in [5.74, 6) is -0.346. The highest BCUT2D eigenvalue weighted by Crippen LogP contribution is 2.20. The average Bonchev–Trinajstić information content (AvgIpc) is 2.86. The molecular formula is C14H19ClFNO. The summed E-state index contributed by atoms with van der Waals surface area (Å²) in [6.07, 6.45) is 4.40. The highest BCUT2D eigenvalue weighted by atomic mass is 35.5. The summed E-state index contributed by atoms with van der Waals surface area (Å²) in [5, 5.41) is 3.46. The van der Waals surface area contributed by atoms with Gasteiger partial charge in [0.05, 0.1) is 11.1 Å². The van der Waals surface area contributed by atoms with E-state index in [1.807, 2.05) is 13.1 Å². The van der Waals surface area contributed by atoms with Gasteiger partial charge in [-0.25, -0.2) is 4.39 Å². The van der Waals surface area contributed by atoms with E-state index in [2.05, 4.69) is 5.32 Å². The maximum Gasteiger partial charge on any atom is 0.142 e. The van der Waals surface area contributed by atoms with Crippen molar-refractivity contribution < 1.29 is 9.13 Å². The second-order valence-electron chi connectivity index (χ2n) is 4.81. The van der Waals surface area contributed by atoms with E-state index < -0.39 is 0 Å². The van der Waals surface area contributed by atoms with Crippen LogP contribution in [0.3, 0.4) is 0 Å². The fourth-order valence-electron chi connectivity index (χ4n) is 2.40. The lowest BCUT2D eigenvalue weighted by molar-refractivity contribution is 0.0954. The maximum absolute atomic E-state index is 13.4. The minimum atomic E-state index is -0.346. The molecule has 2 nitrogen and oxygen atoms in total. The van der Waals surface area contributed by atoms with Crippen molar-refractivity contribution in [1.29, 1.82) is 0 Å². The van der Waals surface area contributed by atoms with Crippen LogP contribution in [0, 0.1) is 5.82 Å². The molecule has 0 spiro atoms. The smallest absolute Gasteiger partial charge is 0.142 e. The van der Waals surface area contributed by atoms with E-state index in [4.69, 9.17) is 16.3 Å². The topological polar surface area (TPSA) is 21.3 Å². The molecule has 1 N–H and O–H groups in total. The van der Waals surface area contributed by atoms with Gasteiger partial charge in [0.1, 0.15) is 5.82 Å². The summed E-state index contributed by atoms with van der Waals surface area (Å²) in [6.45, 7) is 0.872. The Kier molecular flexibility index (Phi) is 4.98. The zero-order valence-corrected chi connectivity index (χ0v) is 11.3. The van der Waals surface area contributed by atoms with Crippen LogP contribution in [-0.4, -0.2) is 25.8 Å². The van der Waals surface area contributed by atoms with Crippen LogP contribution >= 0.6 is 11.6 Å². The number of benzene rings is 1. The third-order valence-corrected chi connectivity index (χ3v) is 3.75. The second kappa shape index (κ2) is 6.50. The van der Waals surface area contributed by atoms with Crippen LogP contribution in [0.1, 0.15) is 24.8 Å². The van der Waals surface area contributed by atoms with Crippen LogP contribution in [0.25, 0.3) is 0 Å². The predicted octanol–water partition coefficient (Wildman–Crippen LogP) is 3.18. The predicted molar refractivity (Wildman–Crippen MR) is 71.6 cm³/mol. The van der Waals surface area contributed by atoms with Crippen molar-refractivity contribution in [1.82, 2.24) is 5.32 Å². The lowest BCUT2D eigenvalue weighted by atomic mass is 9.99. The molecule has 1 aliphatic rings. The van der Waals surface area contributed by atoms with E-state index in [9.17, 15) is 4.39 Å². The third-order valence-electron chi connectivity index (χ3n) is 3.45. The molecular weight excluding hydrogens is 253 g/mol. The Morgan fingerprint density at radius 2 is 2.39 bits per heavy atom. The van der Waals surface area contributed by atoms with Gasteiger partial charge in [0, 0.05) is 12.6 Å². The quantitative estimate of drug-likeness (QED) is 0.888. The van der Waals surface area contributed by atoms with Gasteiger partial charge in [0.2, 0.25) is 0 Å². The van der Waals surface area contributed by atoms with Crippen molar-refractivity contribution in [2.45, 2.75) is 37.8 Å². The minimum Gasteiger partial charge on any atom is -0.378 e. The molecule has 1 aromatic carbocycles. The van der Waals surface area contributed by atoms with Gasteiger partial charge in [-0.3, -0.25) is 0 Å². The van der Waals surface area contributed by atoms with Crippen LogP contribution in [0.5, 0.6) is 0 Å². The molecule has 0 aliphatic carbocycles. The Bertz CT molecular complexity index is 393. The molecule has 0 aromatic heterocycles. The van der Waals surface area contributed by atoms with Crippen molar-refractivity contribution >= 4 is 11.6 Å². The number of rotatable bonds is 5. The molecule has 1 saturated heterocycles. The van der Waals surface area contributed by atoms with Crippen LogP contribution in [0.15, 0.2) is 18.2 Å². The van der Waals surface area contributed by atoms with Gasteiger partial charge in [0.25, 0.3) is 0 Å². The molecule has 4 heteroatoms. The Morgan fingerprint density at radius 1 is 1.56 bits per heavy atom. The maximum atomic E-state index is 13.4. The summed E-state index contributed by atoms with van der Waals surface area (Å²) in [4.78, 5) is 0. The van der Waals surface area contributed by atoms with Gasteiger partial charge < -0.3 is 10.1 Å². The van der Waals surface area contributed by atoms with Crippen molar-refractivity contribution in [3.63, 3.8) is 0 Å². The first-order valence-corrected chi connectivity index (χ1v) is 6.79. The normalized spacial score (nSPS) is 21.2. The molecule has 2 unspecified atom stereocenters. The Hall–Kier alpha value is -0.640. The molecule has 1 heterocycles. The van der Waals surface area contributed by atoms with Gasteiger partial charge in [-0.2, -0.15) is 0 Å². The molecule has 100 valence electrons. The van der Waals surface area contributed by atoms with Crippen LogP contribution in [0.2, 0.25) is 5.02 Å². The van der Waals surface area contributed by atoms with Gasteiger partial charge in [-0.05, 0) is 50.4 Å². The first-order valence-electron chi connectivity index (χ1n) is 6.42. The number of hydrogen-bond donors (Lipinski definition) is 1.